The quantitative estimate of drug-likeness (QED) is 0.289. The molecule has 10 heteroatoms. The summed E-state index contributed by atoms with van der Waals surface area (Å²) in [5.41, 5.74) is 6.46. The lowest BCUT2D eigenvalue weighted by atomic mass is 10.1. The van der Waals surface area contributed by atoms with Crippen molar-refractivity contribution < 1.29 is 4.79 Å². The molecule has 1 aliphatic heterocycles. The van der Waals surface area contributed by atoms with E-state index in [-0.39, 0.29) is 5.91 Å². The van der Waals surface area contributed by atoms with Crippen LogP contribution in [0.25, 0.3) is 11.0 Å². The van der Waals surface area contributed by atoms with Gasteiger partial charge < -0.3 is 15.5 Å². The number of amides is 1. The summed E-state index contributed by atoms with van der Waals surface area (Å²) in [7, 11) is 0. The Morgan fingerprint density at radius 3 is 2.78 bits per heavy atom. The van der Waals surface area contributed by atoms with Crippen molar-refractivity contribution in [1.29, 1.82) is 0 Å². The van der Waals surface area contributed by atoms with Crippen LogP contribution in [-0.4, -0.2) is 54.9 Å². The molecule has 0 unspecified atom stereocenters. The number of carbonyl (C=O) groups is 1. The molecule has 0 radical (unpaired) electrons. The minimum atomic E-state index is -0.259. The number of aromatic nitrogens is 5. The molecule has 1 saturated heterocycles. The van der Waals surface area contributed by atoms with Gasteiger partial charge in [-0.15, -0.1) is 0 Å². The summed E-state index contributed by atoms with van der Waals surface area (Å²) in [5, 5.41) is 11.5. The number of rotatable bonds is 10. The Balaban J connectivity index is 1.23. The molecule has 10 nitrogen and oxygen atoms in total. The summed E-state index contributed by atoms with van der Waals surface area (Å²) < 4.78 is 3.84. The van der Waals surface area contributed by atoms with E-state index in [0.29, 0.717) is 11.5 Å². The first-order valence-corrected chi connectivity index (χ1v) is 12.3. The Kier molecular flexibility index (Phi) is 7.23. The standard InChI is InChI=1S/C26H31N9O/c1-2-24(36)30-20-8-6-9-21(16-20)31-25-23-10-15-35(26(23)28-19-27-25)32-22-17-29-34(18-22)14-7-13-33-11-4-3-5-12-33/h2,6,8-10,15-19,32H,1,3-5,7,11-14H2,(H,30,36)(H,27,28,31). The van der Waals surface area contributed by atoms with Gasteiger partial charge in [-0.3, -0.25) is 14.9 Å². The number of benzene rings is 1. The van der Waals surface area contributed by atoms with E-state index in [9.17, 15) is 4.79 Å². The molecule has 5 rings (SSSR count). The number of carbonyl (C=O) groups excluding carboxylic acids is 1. The van der Waals surface area contributed by atoms with E-state index in [1.54, 1.807) is 0 Å². The molecule has 0 spiro atoms. The van der Waals surface area contributed by atoms with Crippen molar-refractivity contribution in [3.63, 3.8) is 0 Å². The Bertz CT molecular complexity index is 1340. The number of nitrogens with zero attached hydrogens (tertiary/aromatic N) is 6. The van der Waals surface area contributed by atoms with E-state index in [2.05, 4.69) is 42.6 Å². The first kappa shape index (κ1) is 23.6. The van der Waals surface area contributed by atoms with Crippen LogP contribution >= 0.6 is 0 Å². The van der Waals surface area contributed by atoms with Gasteiger partial charge in [-0.1, -0.05) is 19.1 Å². The molecule has 36 heavy (non-hydrogen) atoms. The van der Waals surface area contributed by atoms with Gasteiger partial charge in [0.25, 0.3) is 0 Å². The fourth-order valence-corrected chi connectivity index (χ4v) is 4.47. The average molecular weight is 486 g/mol. The monoisotopic (exact) mass is 485 g/mol. The first-order chi connectivity index (χ1) is 17.7. The zero-order valence-electron chi connectivity index (χ0n) is 20.2. The topological polar surface area (TPSA) is 105 Å². The van der Waals surface area contributed by atoms with E-state index < -0.39 is 0 Å². The van der Waals surface area contributed by atoms with E-state index in [0.717, 1.165) is 41.9 Å². The van der Waals surface area contributed by atoms with Crippen molar-refractivity contribution in [2.24, 2.45) is 0 Å². The lowest BCUT2D eigenvalue weighted by molar-refractivity contribution is -0.111. The summed E-state index contributed by atoms with van der Waals surface area (Å²) in [6.07, 6.45) is 13.6. The smallest absolute Gasteiger partial charge is 0.247 e. The lowest BCUT2D eigenvalue weighted by Gasteiger charge is -2.26. The largest absolute Gasteiger partial charge is 0.340 e. The predicted molar refractivity (Wildman–Crippen MR) is 142 cm³/mol. The average Bonchev–Trinajstić information content (AvgIpc) is 3.53. The van der Waals surface area contributed by atoms with Gasteiger partial charge in [0.1, 0.15) is 12.1 Å². The highest BCUT2D eigenvalue weighted by molar-refractivity contribution is 5.99. The highest BCUT2D eigenvalue weighted by atomic mass is 16.1. The van der Waals surface area contributed by atoms with Crippen LogP contribution < -0.4 is 16.1 Å². The summed E-state index contributed by atoms with van der Waals surface area (Å²) in [4.78, 5) is 23.0. The molecule has 1 amide bonds. The Labute approximate surface area is 210 Å². The van der Waals surface area contributed by atoms with Crippen LogP contribution in [0, 0.1) is 0 Å². The second kappa shape index (κ2) is 11.0. The third kappa shape index (κ3) is 5.72. The predicted octanol–water partition coefficient (Wildman–Crippen LogP) is 4.25. The van der Waals surface area contributed by atoms with Gasteiger partial charge in [-0.2, -0.15) is 5.10 Å². The van der Waals surface area contributed by atoms with Crippen molar-refractivity contribution >= 4 is 39.8 Å². The van der Waals surface area contributed by atoms with Crippen molar-refractivity contribution in [2.75, 3.05) is 35.7 Å². The highest BCUT2D eigenvalue weighted by Gasteiger charge is 2.11. The zero-order chi connectivity index (χ0) is 24.7. The van der Waals surface area contributed by atoms with E-state index in [4.69, 9.17) is 0 Å². The third-order valence-electron chi connectivity index (χ3n) is 6.25. The van der Waals surface area contributed by atoms with Crippen LogP contribution in [0.5, 0.6) is 0 Å². The number of piperidine rings is 1. The molecule has 0 saturated carbocycles. The highest BCUT2D eigenvalue weighted by Crippen LogP contribution is 2.25. The van der Waals surface area contributed by atoms with Gasteiger partial charge in [-0.25, -0.2) is 14.6 Å². The van der Waals surface area contributed by atoms with Crippen molar-refractivity contribution in [2.45, 2.75) is 32.2 Å². The molecular formula is C26H31N9O. The number of likely N-dealkylation sites (tertiary alicyclic amines) is 1. The SMILES string of the molecule is C=CC(=O)Nc1cccc(Nc2ncnc3c2ccn3Nc2cnn(CCCN3CCCCC3)c2)c1. The normalized spacial score (nSPS) is 14.0. The molecule has 3 aromatic heterocycles. The second-order valence-electron chi connectivity index (χ2n) is 8.90. The molecule has 0 bridgehead atoms. The number of hydrogen-bond acceptors (Lipinski definition) is 7. The van der Waals surface area contributed by atoms with Gasteiger partial charge in [0.05, 0.1) is 17.3 Å². The summed E-state index contributed by atoms with van der Waals surface area (Å²) in [5.74, 6) is 0.409. The minimum Gasteiger partial charge on any atom is -0.340 e. The van der Waals surface area contributed by atoms with Crippen LogP contribution in [0.15, 0.2) is 67.9 Å². The molecule has 3 N–H and O–H groups in total. The number of fused-ring (bicyclic) bond motifs is 1. The molecular weight excluding hydrogens is 454 g/mol. The molecule has 1 aromatic carbocycles. The van der Waals surface area contributed by atoms with E-state index in [1.807, 2.05) is 58.3 Å². The Morgan fingerprint density at radius 2 is 1.92 bits per heavy atom. The maximum atomic E-state index is 11.6. The van der Waals surface area contributed by atoms with Gasteiger partial charge >= 0.3 is 0 Å². The maximum Gasteiger partial charge on any atom is 0.247 e. The fourth-order valence-electron chi connectivity index (χ4n) is 4.47. The first-order valence-electron chi connectivity index (χ1n) is 12.3. The Hall–Kier alpha value is -4.18. The second-order valence-corrected chi connectivity index (χ2v) is 8.90. The van der Waals surface area contributed by atoms with Crippen LogP contribution in [0.3, 0.4) is 0 Å². The maximum absolute atomic E-state index is 11.6. The van der Waals surface area contributed by atoms with Crippen molar-refractivity contribution in [3.05, 3.63) is 67.9 Å². The number of nitrogens with one attached hydrogen (secondary N) is 3. The number of aryl methyl sites for hydroxylation is 1. The summed E-state index contributed by atoms with van der Waals surface area (Å²) in [6, 6.07) is 9.38. The number of hydrogen-bond donors (Lipinski definition) is 3. The van der Waals surface area contributed by atoms with Crippen LogP contribution in [-0.2, 0) is 11.3 Å². The van der Waals surface area contributed by atoms with Gasteiger partial charge in [0.15, 0.2) is 5.65 Å². The van der Waals surface area contributed by atoms with Crippen LogP contribution in [0.4, 0.5) is 22.9 Å². The van der Waals surface area contributed by atoms with Crippen molar-refractivity contribution in [1.82, 2.24) is 29.3 Å². The number of anilines is 4. The molecule has 1 fully saturated rings. The van der Waals surface area contributed by atoms with Gasteiger partial charge in [-0.05, 0) is 69.2 Å². The minimum absolute atomic E-state index is 0.259. The Morgan fingerprint density at radius 1 is 1.06 bits per heavy atom. The van der Waals surface area contributed by atoms with Crippen molar-refractivity contribution in [3.8, 4) is 0 Å². The molecule has 0 atom stereocenters. The molecule has 1 aliphatic rings. The van der Waals surface area contributed by atoms with E-state index >= 15 is 0 Å². The van der Waals surface area contributed by atoms with Crippen LogP contribution in [0.1, 0.15) is 25.7 Å². The summed E-state index contributed by atoms with van der Waals surface area (Å²) >= 11 is 0. The van der Waals surface area contributed by atoms with Gasteiger partial charge in [0.2, 0.25) is 5.91 Å². The lowest BCUT2D eigenvalue weighted by Crippen LogP contribution is -2.31. The van der Waals surface area contributed by atoms with Gasteiger partial charge in [0, 0.05) is 30.3 Å². The zero-order valence-corrected chi connectivity index (χ0v) is 20.2. The molecule has 186 valence electrons. The summed E-state index contributed by atoms with van der Waals surface area (Å²) in [6.45, 7) is 7.96. The fraction of sp³-hybridized carbons (Fsp3) is 0.308. The van der Waals surface area contributed by atoms with E-state index in [1.165, 1.54) is 44.8 Å². The molecule has 4 aromatic rings. The molecule has 4 heterocycles. The third-order valence-corrected chi connectivity index (χ3v) is 6.25. The van der Waals surface area contributed by atoms with Crippen LogP contribution in [0.2, 0.25) is 0 Å². The molecule has 0 aliphatic carbocycles.